The van der Waals surface area contributed by atoms with Gasteiger partial charge < -0.3 is 15.5 Å². The van der Waals surface area contributed by atoms with Crippen LogP contribution in [0, 0.1) is 6.92 Å². The number of aromatic nitrogens is 3. The van der Waals surface area contributed by atoms with E-state index in [0.29, 0.717) is 18.3 Å². The molecule has 0 amide bonds. The molecule has 0 aliphatic rings. The Bertz CT molecular complexity index is 833. The molecule has 0 radical (unpaired) electrons. The summed E-state index contributed by atoms with van der Waals surface area (Å²) in [6.07, 6.45) is 0. The minimum Gasteiger partial charge on any atom is -0.465 e. The normalized spacial score (nSPS) is 12.3. The summed E-state index contributed by atoms with van der Waals surface area (Å²) in [5.74, 6) is 3.03. The molecule has 1 aromatic carbocycles. The first kappa shape index (κ1) is 16.9. The lowest BCUT2D eigenvalue weighted by Gasteiger charge is -2.22. The maximum atomic E-state index is 5.87. The van der Waals surface area contributed by atoms with Crippen LogP contribution in [0.2, 0.25) is 0 Å². The highest BCUT2D eigenvalue weighted by Gasteiger charge is 2.18. The van der Waals surface area contributed by atoms with Gasteiger partial charge in [0.05, 0.1) is 12.6 Å². The predicted octanol–water partition coefficient (Wildman–Crippen LogP) is 3.29. The molecular weight excluding hydrogens is 316 g/mol. The van der Waals surface area contributed by atoms with E-state index < -0.39 is 0 Å². The molecule has 3 rings (SSSR count). The van der Waals surface area contributed by atoms with E-state index >= 15 is 0 Å². The number of hydrogen-bond acceptors (Lipinski definition) is 7. The van der Waals surface area contributed by atoms with Crippen LogP contribution >= 0.6 is 0 Å². The topological polar surface area (TPSA) is 93.1 Å². The summed E-state index contributed by atoms with van der Waals surface area (Å²) in [5.41, 5.74) is 6.76. The fourth-order valence-electron chi connectivity index (χ4n) is 2.45. The zero-order valence-electron chi connectivity index (χ0n) is 14.6. The summed E-state index contributed by atoms with van der Waals surface area (Å²) in [5, 5.41) is 3.15. The number of anilines is 3. The first-order chi connectivity index (χ1) is 12.0. The Morgan fingerprint density at radius 1 is 1.12 bits per heavy atom. The van der Waals surface area contributed by atoms with Crippen LogP contribution < -0.4 is 11.1 Å². The van der Waals surface area contributed by atoms with Gasteiger partial charge in [0.2, 0.25) is 11.9 Å². The Labute approximate surface area is 146 Å². The van der Waals surface area contributed by atoms with Crippen molar-refractivity contribution in [1.82, 2.24) is 19.9 Å². The average molecular weight is 338 g/mol. The van der Waals surface area contributed by atoms with Crippen LogP contribution in [-0.4, -0.2) is 26.9 Å². The molecule has 0 saturated heterocycles. The van der Waals surface area contributed by atoms with Gasteiger partial charge in [-0.2, -0.15) is 15.0 Å². The van der Waals surface area contributed by atoms with Crippen LogP contribution in [0.25, 0.3) is 0 Å². The number of nitrogens with one attached hydrogen (secondary N) is 1. The highest BCUT2D eigenvalue weighted by Crippen LogP contribution is 2.21. The third kappa shape index (κ3) is 4.33. The van der Waals surface area contributed by atoms with Crippen molar-refractivity contribution in [2.24, 2.45) is 0 Å². The van der Waals surface area contributed by atoms with Crippen molar-refractivity contribution in [3.63, 3.8) is 0 Å². The molecule has 7 heteroatoms. The maximum absolute atomic E-state index is 5.87. The Morgan fingerprint density at radius 3 is 2.56 bits per heavy atom. The van der Waals surface area contributed by atoms with Gasteiger partial charge in [0, 0.05) is 5.69 Å². The molecule has 2 aromatic heterocycles. The van der Waals surface area contributed by atoms with Crippen LogP contribution in [0.3, 0.4) is 0 Å². The molecule has 0 unspecified atom stereocenters. The number of aryl methyl sites for hydroxylation is 1. The van der Waals surface area contributed by atoms with E-state index in [4.69, 9.17) is 10.2 Å². The highest BCUT2D eigenvalue weighted by atomic mass is 16.3. The molecule has 3 aromatic rings. The van der Waals surface area contributed by atoms with Gasteiger partial charge in [-0.15, -0.1) is 0 Å². The molecule has 0 fully saturated rings. The lowest BCUT2D eigenvalue weighted by atomic mass is 10.2. The summed E-state index contributed by atoms with van der Waals surface area (Å²) in [4.78, 5) is 15.1. The molecule has 0 saturated carbocycles. The first-order valence-electron chi connectivity index (χ1n) is 8.10. The number of benzene rings is 1. The lowest BCUT2D eigenvalue weighted by molar-refractivity contribution is 0.223. The minimum absolute atomic E-state index is 0.0490. The number of rotatable bonds is 6. The fraction of sp³-hybridized carbons (Fsp3) is 0.278. The molecule has 0 aliphatic carbocycles. The molecule has 1 atom stereocenters. The van der Waals surface area contributed by atoms with Crippen LogP contribution in [0.4, 0.5) is 17.6 Å². The standard InChI is InChI=1S/C18H22N6O/c1-12-9-10-15(25-12)11-24(3)13(2)16-21-17(19)23-18(22-16)20-14-7-5-4-6-8-14/h4-10,13H,11H2,1-3H3,(H3,19,20,21,22,23)/t13-/m0/s1. The third-order valence-electron chi connectivity index (χ3n) is 3.94. The van der Waals surface area contributed by atoms with Gasteiger partial charge in [-0.05, 0) is 45.2 Å². The Morgan fingerprint density at radius 2 is 1.88 bits per heavy atom. The molecule has 7 nitrogen and oxygen atoms in total. The molecule has 130 valence electrons. The monoisotopic (exact) mass is 338 g/mol. The van der Waals surface area contributed by atoms with E-state index in [1.165, 1.54) is 0 Å². The minimum atomic E-state index is -0.0490. The predicted molar refractivity (Wildman–Crippen MR) is 97.3 cm³/mol. The molecule has 25 heavy (non-hydrogen) atoms. The molecule has 3 N–H and O–H groups in total. The molecule has 0 aliphatic heterocycles. The first-order valence-corrected chi connectivity index (χ1v) is 8.10. The van der Waals surface area contributed by atoms with Crippen LogP contribution in [0.5, 0.6) is 0 Å². The SMILES string of the molecule is Cc1ccc(CN(C)[C@@H](C)c2nc(N)nc(Nc3ccccc3)n2)o1. The van der Waals surface area contributed by atoms with E-state index in [1.54, 1.807) is 0 Å². The maximum Gasteiger partial charge on any atom is 0.232 e. The van der Waals surface area contributed by atoms with Gasteiger partial charge in [0.15, 0.2) is 5.82 Å². The van der Waals surface area contributed by atoms with Crippen molar-refractivity contribution >= 4 is 17.6 Å². The second kappa shape index (κ2) is 7.31. The van der Waals surface area contributed by atoms with E-state index in [0.717, 1.165) is 17.2 Å². The van der Waals surface area contributed by atoms with Crippen LogP contribution in [0.1, 0.15) is 30.3 Å². The van der Waals surface area contributed by atoms with Gasteiger partial charge in [-0.3, -0.25) is 4.90 Å². The summed E-state index contributed by atoms with van der Waals surface area (Å²) < 4.78 is 5.63. The quantitative estimate of drug-likeness (QED) is 0.712. The third-order valence-corrected chi connectivity index (χ3v) is 3.94. The Balaban J connectivity index is 1.76. The van der Waals surface area contributed by atoms with E-state index in [1.807, 2.05) is 63.4 Å². The van der Waals surface area contributed by atoms with Gasteiger partial charge in [-0.1, -0.05) is 18.2 Å². The van der Waals surface area contributed by atoms with Crippen molar-refractivity contribution in [1.29, 1.82) is 0 Å². The van der Waals surface area contributed by atoms with Crippen molar-refractivity contribution in [3.05, 3.63) is 59.8 Å². The van der Waals surface area contributed by atoms with Gasteiger partial charge >= 0.3 is 0 Å². The van der Waals surface area contributed by atoms with Crippen LogP contribution in [-0.2, 0) is 6.54 Å². The number of hydrogen-bond donors (Lipinski definition) is 2. The van der Waals surface area contributed by atoms with Crippen molar-refractivity contribution in [3.8, 4) is 0 Å². The van der Waals surface area contributed by atoms with Crippen LogP contribution in [0.15, 0.2) is 46.9 Å². The molecular formula is C18H22N6O. The van der Waals surface area contributed by atoms with E-state index in [9.17, 15) is 0 Å². The number of nitrogens with zero attached hydrogens (tertiary/aromatic N) is 4. The summed E-state index contributed by atoms with van der Waals surface area (Å²) in [6.45, 7) is 4.61. The molecule has 0 spiro atoms. The van der Waals surface area contributed by atoms with E-state index in [-0.39, 0.29) is 12.0 Å². The second-order valence-electron chi connectivity index (χ2n) is 5.97. The molecule has 2 heterocycles. The zero-order valence-corrected chi connectivity index (χ0v) is 14.6. The van der Waals surface area contributed by atoms with Gasteiger partial charge in [0.25, 0.3) is 0 Å². The van der Waals surface area contributed by atoms with Gasteiger partial charge in [0.1, 0.15) is 11.5 Å². The Kier molecular flexibility index (Phi) is 4.95. The summed E-state index contributed by atoms with van der Waals surface area (Å²) in [7, 11) is 1.99. The largest absolute Gasteiger partial charge is 0.465 e. The van der Waals surface area contributed by atoms with Gasteiger partial charge in [-0.25, -0.2) is 0 Å². The van der Waals surface area contributed by atoms with E-state index in [2.05, 4.69) is 25.2 Å². The second-order valence-corrected chi connectivity index (χ2v) is 5.97. The number of nitrogen functional groups attached to an aromatic ring is 1. The Hall–Kier alpha value is -2.93. The number of para-hydroxylation sites is 1. The number of nitrogens with two attached hydrogens (primary N) is 1. The number of furan rings is 1. The zero-order chi connectivity index (χ0) is 17.8. The van der Waals surface area contributed by atoms with Crippen molar-refractivity contribution in [2.75, 3.05) is 18.1 Å². The summed E-state index contributed by atoms with van der Waals surface area (Å²) >= 11 is 0. The molecule has 0 bridgehead atoms. The lowest BCUT2D eigenvalue weighted by Crippen LogP contribution is -2.24. The summed E-state index contributed by atoms with van der Waals surface area (Å²) in [6, 6.07) is 13.6. The smallest absolute Gasteiger partial charge is 0.232 e. The highest BCUT2D eigenvalue weighted by molar-refractivity contribution is 5.53. The average Bonchev–Trinajstić information content (AvgIpc) is 2.99. The van der Waals surface area contributed by atoms with Crippen molar-refractivity contribution in [2.45, 2.75) is 26.4 Å². The van der Waals surface area contributed by atoms with Crippen molar-refractivity contribution < 1.29 is 4.42 Å². The fourth-order valence-corrected chi connectivity index (χ4v) is 2.45.